The van der Waals surface area contributed by atoms with Gasteiger partial charge in [0.25, 0.3) is 10.0 Å². The quantitative estimate of drug-likeness (QED) is 0.817. The van der Waals surface area contributed by atoms with Crippen molar-refractivity contribution in [2.24, 2.45) is 13.0 Å². The van der Waals surface area contributed by atoms with Crippen LogP contribution in [0.3, 0.4) is 0 Å². The third kappa shape index (κ3) is 3.29. The van der Waals surface area contributed by atoms with Crippen molar-refractivity contribution in [3.63, 3.8) is 0 Å². The van der Waals surface area contributed by atoms with Gasteiger partial charge in [0.05, 0.1) is 0 Å². The Morgan fingerprint density at radius 2 is 2.16 bits per heavy atom. The molecular weight excluding hydrogens is 356 g/mol. The van der Waals surface area contributed by atoms with Gasteiger partial charge in [0.15, 0.2) is 4.60 Å². The highest BCUT2D eigenvalue weighted by molar-refractivity contribution is 9.10. The summed E-state index contributed by atoms with van der Waals surface area (Å²) in [4.78, 5) is 0. The summed E-state index contributed by atoms with van der Waals surface area (Å²) in [6.07, 6.45) is 3.90. The van der Waals surface area contributed by atoms with Gasteiger partial charge in [-0.2, -0.15) is 0 Å². The monoisotopic (exact) mass is 370 g/mol. The van der Waals surface area contributed by atoms with Crippen LogP contribution in [0.5, 0.6) is 0 Å². The highest BCUT2D eigenvalue weighted by atomic mass is 79.9. The molecule has 0 amide bonds. The molecule has 0 aliphatic heterocycles. The second kappa shape index (κ2) is 6.07. The predicted molar refractivity (Wildman–Crippen MR) is 75.5 cm³/mol. The molecule has 2 atom stereocenters. The first-order valence-electron chi connectivity index (χ1n) is 6.09. The van der Waals surface area contributed by atoms with E-state index in [0.29, 0.717) is 5.88 Å². The van der Waals surface area contributed by atoms with E-state index >= 15 is 0 Å². The van der Waals surface area contributed by atoms with Gasteiger partial charge in [-0.1, -0.05) is 18.1 Å². The summed E-state index contributed by atoms with van der Waals surface area (Å²) in [7, 11) is -2.09. The Balaban J connectivity index is 2.21. The van der Waals surface area contributed by atoms with E-state index in [4.69, 9.17) is 11.6 Å². The largest absolute Gasteiger partial charge is 0.260 e. The summed E-state index contributed by atoms with van der Waals surface area (Å²) in [6, 6.07) is -0.113. The molecule has 1 aromatic heterocycles. The van der Waals surface area contributed by atoms with Crippen molar-refractivity contribution >= 4 is 37.6 Å². The van der Waals surface area contributed by atoms with Crippen LogP contribution in [0.1, 0.15) is 25.7 Å². The predicted octanol–water partition coefficient (Wildman–Crippen LogP) is 1.65. The van der Waals surface area contributed by atoms with Crippen molar-refractivity contribution in [3.8, 4) is 0 Å². The summed E-state index contributed by atoms with van der Waals surface area (Å²) in [5.41, 5.74) is 0. The van der Waals surface area contributed by atoms with Crippen molar-refractivity contribution in [2.75, 3.05) is 5.88 Å². The van der Waals surface area contributed by atoms with Crippen molar-refractivity contribution < 1.29 is 8.42 Å². The van der Waals surface area contributed by atoms with Gasteiger partial charge in [-0.3, -0.25) is 0 Å². The summed E-state index contributed by atoms with van der Waals surface area (Å²) >= 11 is 9.03. The van der Waals surface area contributed by atoms with Gasteiger partial charge in [0, 0.05) is 19.0 Å². The maximum atomic E-state index is 12.4. The van der Waals surface area contributed by atoms with Crippen molar-refractivity contribution in [2.45, 2.75) is 36.8 Å². The molecule has 0 saturated heterocycles. The Hall–Kier alpha value is -0.180. The number of hydrogen-bond donors (Lipinski definition) is 1. The molecule has 0 spiro atoms. The van der Waals surface area contributed by atoms with E-state index in [1.165, 1.54) is 4.68 Å². The molecule has 19 heavy (non-hydrogen) atoms. The fraction of sp³-hybridized carbons (Fsp3) is 0.800. The topological polar surface area (TPSA) is 76.9 Å². The van der Waals surface area contributed by atoms with Crippen molar-refractivity contribution in [1.82, 2.24) is 19.7 Å². The highest BCUT2D eigenvalue weighted by Gasteiger charge is 2.32. The normalized spacial score (nSPS) is 24.6. The minimum Gasteiger partial charge on any atom is -0.235 e. The molecular formula is C10H16BrClN4O2S. The number of aromatic nitrogens is 3. The Labute approximate surface area is 126 Å². The van der Waals surface area contributed by atoms with E-state index < -0.39 is 10.0 Å². The van der Waals surface area contributed by atoms with Crippen molar-refractivity contribution in [3.05, 3.63) is 4.60 Å². The first-order chi connectivity index (χ1) is 8.95. The molecule has 1 aliphatic carbocycles. The molecule has 1 fully saturated rings. The van der Waals surface area contributed by atoms with Crippen LogP contribution in [0.15, 0.2) is 9.63 Å². The lowest BCUT2D eigenvalue weighted by Gasteiger charge is -2.30. The standard InChI is InChI=1S/C10H16BrClN4O2S/c1-16-10(9(11)13-15-16)19(17,18)14-8-5-3-2-4-7(8)6-12/h7-8,14H,2-6H2,1H3. The lowest BCUT2D eigenvalue weighted by atomic mass is 9.86. The van der Waals surface area contributed by atoms with Gasteiger partial charge >= 0.3 is 0 Å². The molecule has 0 bridgehead atoms. The summed E-state index contributed by atoms with van der Waals surface area (Å²) in [6.45, 7) is 0. The molecule has 1 saturated carbocycles. The Morgan fingerprint density at radius 3 is 2.74 bits per heavy atom. The number of rotatable bonds is 4. The number of sulfonamides is 1. The molecule has 1 aliphatic rings. The lowest BCUT2D eigenvalue weighted by Crippen LogP contribution is -2.43. The molecule has 108 valence electrons. The first-order valence-corrected chi connectivity index (χ1v) is 8.90. The lowest BCUT2D eigenvalue weighted by molar-refractivity contribution is 0.313. The average Bonchev–Trinajstić information content (AvgIpc) is 2.70. The molecule has 9 heteroatoms. The molecule has 2 unspecified atom stereocenters. The van der Waals surface area contributed by atoms with Crippen LogP contribution in [-0.2, 0) is 17.1 Å². The summed E-state index contributed by atoms with van der Waals surface area (Å²) in [5, 5.41) is 7.44. The fourth-order valence-electron chi connectivity index (χ4n) is 2.41. The minimum atomic E-state index is -3.64. The van der Waals surface area contributed by atoms with E-state index in [2.05, 4.69) is 31.0 Å². The number of alkyl halides is 1. The maximum absolute atomic E-state index is 12.4. The molecule has 2 rings (SSSR count). The van der Waals surface area contributed by atoms with E-state index in [-0.39, 0.29) is 21.6 Å². The number of nitrogens with one attached hydrogen (secondary N) is 1. The van der Waals surface area contributed by atoms with Crippen molar-refractivity contribution in [1.29, 1.82) is 0 Å². The van der Waals surface area contributed by atoms with Crippen LogP contribution in [-0.4, -0.2) is 35.3 Å². The average molecular weight is 372 g/mol. The molecule has 6 nitrogen and oxygen atoms in total. The van der Waals surface area contributed by atoms with E-state index in [1.807, 2.05) is 0 Å². The van der Waals surface area contributed by atoms with Crippen LogP contribution in [0.4, 0.5) is 0 Å². The van der Waals surface area contributed by atoms with Gasteiger partial charge < -0.3 is 0 Å². The second-order valence-corrected chi connectivity index (χ2v) is 7.42. The second-order valence-electron chi connectivity index (χ2n) is 4.74. The van der Waals surface area contributed by atoms with E-state index in [9.17, 15) is 8.42 Å². The number of halogens is 2. The third-order valence-electron chi connectivity index (χ3n) is 3.41. The Bertz CT molecular complexity index is 528. The number of nitrogens with zero attached hydrogens (tertiary/aromatic N) is 3. The van der Waals surface area contributed by atoms with Gasteiger partial charge in [-0.15, -0.1) is 16.7 Å². The Morgan fingerprint density at radius 1 is 1.47 bits per heavy atom. The zero-order valence-electron chi connectivity index (χ0n) is 10.5. The number of hydrogen-bond acceptors (Lipinski definition) is 4. The smallest absolute Gasteiger partial charge is 0.235 e. The number of aryl methyl sites for hydroxylation is 1. The van der Waals surface area contributed by atoms with Gasteiger partial charge in [-0.05, 0) is 34.7 Å². The third-order valence-corrected chi connectivity index (χ3v) is 6.18. The molecule has 0 radical (unpaired) electrons. The maximum Gasteiger partial charge on any atom is 0.260 e. The van der Waals surface area contributed by atoms with Crippen LogP contribution in [0.25, 0.3) is 0 Å². The summed E-state index contributed by atoms with van der Waals surface area (Å²) < 4.78 is 29.0. The molecule has 0 aromatic carbocycles. The SMILES string of the molecule is Cn1nnc(Br)c1S(=O)(=O)NC1CCCCC1CCl. The first kappa shape index (κ1) is 15.2. The van der Waals surface area contributed by atoms with E-state index in [1.54, 1.807) is 7.05 Å². The van der Waals surface area contributed by atoms with E-state index in [0.717, 1.165) is 25.7 Å². The molecule has 1 N–H and O–H groups in total. The van der Waals surface area contributed by atoms with Gasteiger partial charge in [0.1, 0.15) is 0 Å². The Kier molecular flexibility index (Phi) is 4.86. The van der Waals surface area contributed by atoms with Crippen LogP contribution >= 0.6 is 27.5 Å². The van der Waals surface area contributed by atoms with Crippen LogP contribution < -0.4 is 4.72 Å². The highest BCUT2D eigenvalue weighted by Crippen LogP contribution is 2.27. The van der Waals surface area contributed by atoms with Crippen LogP contribution in [0, 0.1) is 5.92 Å². The summed E-state index contributed by atoms with van der Waals surface area (Å²) in [5.74, 6) is 0.656. The molecule has 1 aromatic rings. The zero-order valence-corrected chi connectivity index (χ0v) is 13.7. The fourth-order valence-corrected chi connectivity index (χ4v) is 5.21. The van der Waals surface area contributed by atoms with Crippen LogP contribution in [0.2, 0.25) is 0 Å². The van der Waals surface area contributed by atoms with Gasteiger partial charge in [0.2, 0.25) is 5.03 Å². The minimum absolute atomic E-state index is 0.0476. The molecule has 1 heterocycles. The van der Waals surface area contributed by atoms with Gasteiger partial charge in [-0.25, -0.2) is 17.8 Å². The zero-order chi connectivity index (χ0) is 14.0.